The number of aromatic amines is 1. The minimum absolute atomic E-state index is 0.0365. The Bertz CT molecular complexity index is 2390. The molecule has 0 bridgehead atoms. The third-order valence-electron chi connectivity index (χ3n) is 13.1. The molecule has 3 saturated heterocycles. The number of urea groups is 1. The van der Waals surface area contributed by atoms with Crippen molar-refractivity contribution in [3.8, 4) is 0 Å². The maximum atomic E-state index is 14.5. The normalized spacial score (nSPS) is 18.2. The van der Waals surface area contributed by atoms with Crippen molar-refractivity contribution >= 4 is 39.7 Å². The third-order valence-corrected chi connectivity index (χ3v) is 13.1. The van der Waals surface area contributed by atoms with E-state index in [1.807, 2.05) is 105 Å². The Morgan fingerprint density at radius 2 is 1.55 bits per heavy atom. The number of nitrogens with one attached hydrogen (secondary N) is 2. The molecule has 0 saturated carbocycles. The highest BCUT2D eigenvalue weighted by molar-refractivity contribution is 5.88. The summed E-state index contributed by atoms with van der Waals surface area (Å²) < 4.78 is 7.38. The number of piperazine rings is 1. The van der Waals surface area contributed by atoms with Crippen molar-refractivity contribution in [3.05, 3.63) is 112 Å². The Kier molecular flexibility index (Phi) is 12.1. The van der Waals surface area contributed by atoms with Crippen LogP contribution in [0, 0.1) is 6.92 Å². The summed E-state index contributed by atoms with van der Waals surface area (Å²) >= 11 is 0. The number of aryl methyl sites for hydroxylation is 1. The average Bonchev–Trinajstić information content (AvgIpc) is 3.69. The maximum Gasteiger partial charge on any atom is 0.318 e. The quantitative estimate of drug-likeness (QED) is 0.179. The first-order valence-corrected chi connectivity index (χ1v) is 21.5. The predicted molar refractivity (Wildman–Crippen MR) is 233 cm³/mol. The van der Waals surface area contributed by atoms with Gasteiger partial charge in [0.1, 0.15) is 6.04 Å². The predicted octanol–water partition coefficient (Wildman–Crippen LogP) is 5.40. The highest BCUT2D eigenvalue weighted by Crippen LogP contribution is 2.29. The SMILES string of the molecule is Cc1cc(CC(NC(=O)N2CCC(c3cc4ccccc4[nH]c3=O)CC2)C(=O)N2CCN(C3CCN(C)CC3)CC2)cc2cn(COC(=O)C(C)(C)c3ccccc3)nc12. The van der Waals surface area contributed by atoms with Crippen LogP contribution in [0.2, 0.25) is 0 Å². The molecule has 1 atom stereocenters. The summed E-state index contributed by atoms with van der Waals surface area (Å²) in [5.74, 6) is -0.387. The van der Waals surface area contributed by atoms with Gasteiger partial charge in [0, 0.05) is 74.4 Å². The zero-order valence-corrected chi connectivity index (χ0v) is 35.4. The number of benzene rings is 3. The number of rotatable bonds is 10. The Morgan fingerprint density at radius 3 is 2.28 bits per heavy atom. The summed E-state index contributed by atoms with van der Waals surface area (Å²) in [5, 5.41) is 9.75. The summed E-state index contributed by atoms with van der Waals surface area (Å²) in [7, 11) is 2.17. The molecule has 2 aromatic heterocycles. The molecule has 3 fully saturated rings. The van der Waals surface area contributed by atoms with Gasteiger partial charge in [0.05, 0.1) is 10.9 Å². The van der Waals surface area contributed by atoms with E-state index in [1.54, 1.807) is 9.58 Å². The van der Waals surface area contributed by atoms with Crippen molar-refractivity contribution in [2.75, 3.05) is 59.4 Å². The molecule has 5 heterocycles. The van der Waals surface area contributed by atoms with E-state index in [4.69, 9.17) is 9.84 Å². The molecule has 0 spiro atoms. The summed E-state index contributed by atoms with van der Waals surface area (Å²) in [4.78, 5) is 66.4. The average molecular weight is 815 g/mol. The van der Waals surface area contributed by atoms with Crippen molar-refractivity contribution < 1.29 is 19.1 Å². The number of para-hydroxylation sites is 1. The second kappa shape index (κ2) is 17.6. The molecular formula is C47H58N8O5. The van der Waals surface area contributed by atoms with Gasteiger partial charge in [0.25, 0.3) is 5.56 Å². The largest absolute Gasteiger partial charge is 0.442 e. The number of fused-ring (bicyclic) bond motifs is 2. The van der Waals surface area contributed by atoms with Gasteiger partial charge in [-0.2, -0.15) is 5.10 Å². The van der Waals surface area contributed by atoms with E-state index >= 15 is 0 Å². The summed E-state index contributed by atoms with van der Waals surface area (Å²) in [6.07, 6.45) is 5.77. The molecule has 1 unspecified atom stereocenters. The molecule has 60 heavy (non-hydrogen) atoms. The molecule has 3 aromatic carbocycles. The number of piperidine rings is 2. The lowest BCUT2D eigenvalue weighted by Crippen LogP contribution is -2.59. The topological polar surface area (TPSA) is 136 Å². The van der Waals surface area contributed by atoms with Crippen LogP contribution in [0.1, 0.15) is 67.7 Å². The molecule has 316 valence electrons. The zero-order chi connectivity index (χ0) is 42.0. The van der Waals surface area contributed by atoms with Gasteiger partial charge in [-0.05, 0) is 113 Å². The standard InChI is InChI=1S/C47H58N8O5/c1-32-26-33(27-36-30-55(50-42(32)36)31-60-45(58)47(2,3)37-11-6-5-7-12-37)28-41(44(57)53-24-22-52(23-25-53)38-16-18-51(4)19-17-38)49-46(59)54-20-14-34(15-21-54)39-29-35-10-8-9-13-40(35)48-43(39)56/h5-13,26-27,29-30,34,38,41H,14-25,28,31H2,1-4H3,(H,48,56)(H,49,59). The molecule has 3 aliphatic rings. The van der Waals surface area contributed by atoms with Crippen LogP contribution in [-0.4, -0.2) is 124 Å². The lowest BCUT2D eigenvalue weighted by atomic mass is 9.85. The zero-order valence-electron chi connectivity index (χ0n) is 35.4. The van der Waals surface area contributed by atoms with E-state index in [0.717, 1.165) is 83.1 Å². The highest BCUT2D eigenvalue weighted by atomic mass is 16.5. The minimum Gasteiger partial charge on any atom is -0.442 e. The number of carbonyl (C=O) groups is 3. The number of H-pyrrole nitrogens is 1. The van der Waals surface area contributed by atoms with Gasteiger partial charge in [0.2, 0.25) is 5.91 Å². The lowest BCUT2D eigenvalue weighted by molar-refractivity contribution is -0.153. The Labute approximate surface area is 351 Å². The maximum absolute atomic E-state index is 14.5. The summed E-state index contributed by atoms with van der Waals surface area (Å²) in [6.45, 7) is 11.7. The molecule has 2 N–H and O–H groups in total. The summed E-state index contributed by atoms with van der Waals surface area (Å²) in [5.41, 5.74) is 4.14. The summed E-state index contributed by atoms with van der Waals surface area (Å²) in [6, 6.07) is 22.9. The molecule has 13 nitrogen and oxygen atoms in total. The number of pyridine rings is 1. The van der Waals surface area contributed by atoms with Gasteiger partial charge in [-0.25, -0.2) is 9.48 Å². The fourth-order valence-electron chi connectivity index (χ4n) is 9.32. The van der Waals surface area contributed by atoms with Crippen molar-refractivity contribution in [3.63, 3.8) is 0 Å². The second-order valence-electron chi connectivity index (χ2n) is 17.6. The first kappa shape index (κ1) is 41.2. The van der Waals surface area contributed by atoms with Crippen LogP contribution in [0.15, 0.2) is 83.8 Å². The number of hydrogen-bond donors (Lipinski definition) is 2. The fraction of sp³-hybridized carbons (Fsp3) is 0.468. The van der Waals surface area contributed by atoms with Crippen molar-refractivity contribution in [2.45, 2.75) is 83.0 Å². The van der Waals surface area contributed by atoms with Gasteiger partial charge >= 0.3 is 12.0 Å². The molecular weight excluding hydrogens is 757 g/mol. The molecule has 0 radical (unpaired) electrons. The van der Waals surface area contributed by atoms with Crippen LogP contribution in [0.4, 0.5) is 4.79 Å². The Balaban J connectivity index is 0.960. The third kappa shape index (κ3) is 8.97. The van der Waals surface area contributed by atoms with Gasteiger partial charge < -0.3 is 29.7 Å². The first-order chi connectivity index (χ1) is 28.9. The van der Waals surface area contributed by atoms with Crippen LogP contribution in [0.3, 0.4) is 0 Å². The smallest absolute Gasteiger partial charge is 0.318 e. The van der Waals surface area contributed by atoms with Gasteiger partial charge in [-0.1, -0.05) is 54.6 Å². The van der Waals surface area contributed by atoms with Gasteiger partial charge in [-0.15, -0.1) is 0 Å². The molecule has 5 aromatic rings. The molecule has 0 aliphatic carbocycles. The van der Waals surface area contributed by atoms with E-state index in [9.17, 15) is 19.2 Å². The Hall–Kier alpha value is -5.53. The number of hydrogen-bond acceptors (Lipinski definition) is 8. The highest BCUT2D eigenvalue weighted by Gasteiger charge is 2.35. The second-order valence-corrected chi connectivity index (χ2v) is 17.6. The van der Waals surface area contributed by atoms with Crippen LogP contribution in [0.25, 0.3) is 21.8 Å². The number of nitrogens with zero attached hydrogens (tertiary/aromatic N) is 6. The number of likely N-dealkylation sites (tertiary alicyclic amines) is 2. The van der Waals surface area contributed by atoms with Crippen molar-refractivity contribution in [1.29, 1.82) is 0 Å². The fourth-order valence-corrected chi connectivity index (χ4v) is 9.32. The van der Waals surface area contributed by atoms with Gasteiger partial charge in [0.15, 0.2) is 6.73 Å². The van der Waals surface area contributed by atoms with E-state index in [2.05, 4.69) is 27.1 Å². The lowest BCUT2D eigenvalue weighted by Gasteiger charge is -2.43. The van der Waals surface area contributed by atoms with Crippen LogP contribution in [0.5, 0.6) is 0 Å². The van der Waals surface area contributed by atoms with Crippen LogP contribution in [-0.2, 0) is 32.9 Å². The van der Waals surface area contributed by atoms with E-state index in [0.29, 0.717) is 51.5 Å². The van der Waals surface area contributed by atoms with E-state index in [1.165, 1.54) is 0 Å². The monoisotopic (exact) mass is 814 g/mol. The number of aromatic nitrogens is 3. The molecule has 8 rings (SSSR count). The van der Waals surface area contributed by atoms with Crippen molar-refractivity contribution in [1.82, 2.24) is 39.7 Å². The first-order valence-electron chi connectivity index (χ1n) is 21.5. The van der Waals surface area contributed by atoms with Crippen LogP contribution >= 0.6 is 0 Å². The van der Waals surface area contributed by atoms with Gasteiger partial charge in [-0.3, -0.25) is 19.3 Å². The van der Waals surface area contributed by atoms with Crippen molar-refractivity contribution in [2.24, 2.45) is 0 Å². The van der Waals surface area contributed by atoms with Crippen LogP contribution < -0.4 is 10.9 Å². The molecule has 13 heteroatoms. The number of amides is 3. The molecule has 3 aliphatic heterocycles. The number of esters is 1. The number of carbonyl (C=O) groups excluding carboxylic acids is 3. The molecule has 3 amide bonds. The Morgan fingerprint density at radius 1 is 0.850 bits per heavy atom. The van der Waals surface area contributed by atoms with E-state index in [-0.39, 0.29) is 36.1 Å². The number of ether oxygens (including phenoxy) is 1. The minimum atomic E-state index is -0.825. The van der Waals surface area contributed by atoms with E-state index < -0.39 is 11.5 Å².